The van der Waals surface area contributed by atoms with Crippen molar-refractivity contribution >= 4 is 5.69 Å². The van der Waals surface area contributed by atoms with E-state index in [9.17, 15) is 10.1 Å². The normalized spacial score (nSPS) is 10.5. The van der Waals surface area contributed by atoms with Crippen molar-refractivity contribution in [2.24, 2.45) is 0 Å². The molecule has 0 saturated carbocycles. The molecule has 1 aromatic carbocycles. The molecule has 100 valence electrons. The van der Waals surface area contributed by atoms with Gasteiger partial charge in [-0.3, -0.25) is 10.1 Å². The minimum Gasteiger partial charge on any atom is -0.258 e. The first-order valence-electron chi connectivity index (χ1n) is 6.97. The largest absolute Gasteiger partial charge is 0.269 e. The molecule has 1 rings (SSSR count). The van der Waals surface area contributed by atoms with E-state index in [4.69, 9.17) is 0 Å². The molecule has 0 bridgehead atoms. The van der Waals surface area contributed by atoms with Gasteiger partial charge in [0.2, 0.25) is 0 Å². The predicted molar refractivity (Wildman–Crippen MR) is 74.8 cm³/mol. The predicted octanol–water partition coefficient (Wildman–Crippen LogP) is 4.89. The van der Waals surface area contributed by atoms with Crippen molar-refractivity contribution in [3.8, 4) is 0 Å². The Balaban J connectivity index is 2.19. The van der Waals surface area contributed by atoms with Crippen LogP contribution in [0.5, 0.6) is 0 Å². The molecule has 18 heavy (non-hydrogen) atoms. The number of non-ortho nitro benzene ring substituents is 1. The van der Waals surface area contributed by atoms with Crippen molar-refractivity contribution in [2.45, 2.75) is 58.3 Å². The lowest BCUT2D eigenvalue weighted by Crippen LogP contribution is -1.91. The third-order valence-corrected chi connectivity index (χ3v) is 3.19. The zero-order chi connectivity index (χ0) is 13.2. The van der Waals surface area contributed by atoms with Crippen molar-refractivity contribution in [2.75, 3.05) is 0 Å². The summed E-state index contributed by atoms with van der Waals surface area (Å²) < 4.78 is 0. The highest BCUT2D eigenvalue weighted by molar-refractivity contribution is 5.34. The molecular weight excluding hydrogens is 226 g/mol. The van der Waals surface area contributed by atoms with Gasteiger partial charge in [-0.05, 0) is 18.4 Å². The maximum Gasteiger partial charge on any atom is 0.269 e. The Kier molecular flexibility index (Phi) is 7.07. The van der Waals surface area contributed by atoms with E-state index in [1.165, 1.54) is 38.5 Å². The van der Waals surface area contributed by atoms with Crippen LogP contribution in [0.25, 0.3) is 0 Å². The number of nitrogens with zero attached hydrogens (tertiary/aromatic N) is 1. The van der Waals surface area contributed by atoms with Gasteiger partial charge < -0.3 is 0 Å². The van der Waals surface area contributed by atoms with Gasteiger partial charge in [0.1, 0.15) is 0 Å². The van der Waals surface area contributed by atoms with Crippen LogP contribution < -0.4 is 0 Å². The molecule has 0 amide bonds. The Morgan fingerprint density at radius 1 is 1.06 bits per heavy atom. The van der Waals surface area contributed by atoms with Gasteiger partial charge in [0, 0.05) is 12.1 Å². The van der Waals surface area contributed by atoms with Gasteiger partial charge in [-0.1, -0.05) is 57.6 Å². The maximum absolute atomic E-state index is 10.6. The van der Waals surface area contributed by atoms with Gasteiger partial charge in [-0.25, -0.2) is 0 Å². The van der Waals surface area contributed by atoms with E-state index >= 15 is 0 Å². The van der Waals surface area contributed by atoms with Crippen LogP contribution in [0.2, 0.25) is 0 Å². The number of nitro groups is 1. The fourth-order valence-electron chi connectivity index (χ4n) is 2.11. The standard InChI is InChI=1S/C15H23NO2/c1-2-3-4-5-6-7-8-10-14-11-9-12-15(13-14)16(17)18/h9,11-13H,2-8,10H2,1H3. The van der Waals surface area contributed by atoms with E-state index in [0.717, 1.165) is 18.4 Å². The third-order valence-electron chi connectivity index (χ3n) is 3.19. The van der Waals surface area contributed by atoms with Crippen LogP contribution in [-0.2, 0) is 6.42 Å². The monoisotopic (exact) mass is 249 g/mol. The van der Waals surface area contributed by atoms with E-state index in [-0.39, 0.29) is 10.6 Å². The topological polar surface area (TPSA) is 43.1 Å². The summed E-state index contributed by atoms with van der Waals surface area (Å²) in [6, 6.07) is 6.99. The first-order valence-corrected chi connectivity index (χ1v) is 6.97. The Morgan fingerprint density at radius 3 is 2.39 bits per heavy atom. The number of nitro benzene ring substituents is 1. The number of unbranched alkanes of at least 4 members (excludes halogenated alkanes) is 6. The second kappa shape index (κ2) is 8.67. The Hall–Kier alpha value is -1.38. The van der Waals surface area contributed by atoms with Gasteiger partial charge in [-0.15, -0.1) is 0 Å². The Bertz CT molecular complexity index is 363. The number of benzene rings is 1. The number of aryl methyl sites for hydroxylation is 1. The van der Waals surface area contributed by atoms with Crippen LogP contribution in [-0.4, -0.2) is 4.92 Å². The van der Waals surface area contributed by atoms with Crippen molar-refractivity contribution in [1.82, 2.24) is 0 Å². The molecule has 0 radical (unpaired) electrons. The van der Waals surface area contributed by atoms with Crippen LogP contribution in [0.3, 0.4) is 0 Å². The van der Waals surface area contributed by atoms with E-state index in [0.29, 0.717) is 0 Å². The van der Waals surface area contributed by atoms with Crippen molar-refractivity contribution in [3.63, 3.8) is 0 Å². The summed E-state index contributed by atoms with van der Waals surface area (Å²) in [6.45, 7) is 2.22. The second-order valence-corrected chi connectivity index (χ2v) is 4.80. The Morgan fingerprint density at radius 2 is 1.72 bits per heavy atom. The molecule has 0 aliphatic carbocycles. The van der Waals surface area contributed by atoms with Crippen LogP contribution >= 0.6 is 0 Å². The zero-order valence-corrected chi connectivity index (χ0v) is 11.2. The first-order chi connectivity index (χ1) is 8.74. The highest BCUT2D eigenvalue weighted by atomic mass is 16.6. The smallest absolute Gasteiger partial charge is 0.258 e. The second-order valence-electron chi connectivity index (χ2n) is 4.80. The SMILES string of the molecule is CCCCCCCCCc1cccc([N+](=O)[O-])c1. The fraction of sp³-hybridized carbons (Fsp3) is 0.600. The fourth-order valence-corrected chi connectivity index (χ4v) is 2.11. The molecule has 0 atom stereocenters. The average molecular weight is 249 g/mol. The third kappa shape index (κ3) is 5.80. The molecule has 0 fully saturated rings. The van der Waals surface area contributed by atoms with Crippen molar-refractivity contribution < 1.29 is 4.92 Å². The highest BCUT2D eigenvalue weighted by Crippen LogP contribution is 2.16. The molecule has 0 heterocycles. The maximum atomic E-state index is 10.6. The summed E-state index contributed by atoms with van der Waals surface area (Å²) in [5.41, 5.74) is 1.29. The van der Waals surface area contributed by atoms with E-state index < -0.39 is 0 Å². The molecular formula is C15H23NO2. The lowest BCUT2D eigenvalue weighted by molar-refractivity contribution is -0.384. The summed E-state index contributed by atoms with van der Waals surface area (Å²) >= 11 is 0. The zero-order valence-electron chi connectivity index (χ0n) is 11.2. The molecule has 1 aromatic rings. The summed E-state index contributed by atoms with van der Waals surface area (Å²) in [5.74, 6) is 0. The van der Waals surface area contributed by atoms with Crippen LogP contribution in [0, 0.1) is 10.1 Å². The summed E-state index contributed by atoms with van der Waals surface area (Å²) in [6.07, 6.45) is 9.89. The molecule has 0 aromatic heterocycles. The van der Waals surface area contributed by atoms with Gasteiger partial charge in [0.15, 0.2) is 0 Å². The van der Waals surface area contributed by atoms with Gasteiger partial charge in [-0.2, -0.15) is 0 Å². The van der Waals surface area contributed by atoms with Gasteiger partial charge in [0.05, 0.1) is 4.92 Å². The Labute approximate surface area is 109 Å². The van der Waals surface area contributed by atoms with Crippen LogP contribution in [0.15, 0.2) is 24.3 Å². The molecule has 0 N–H and O–H groups in total. The first kappa shape index (κ1) is 14.7. The lowest BCUT2D eigenvalue weighted by atomic mass is 10.0. The van der Waals surface area contributed by atoms with Crippen LogP contribution in [0.4, 0.5) is 5.69 Å². The quantitative estimate of drug-likeness (QED) is 0.355. The molecule has 0 spiro atoms. The number of rotatable bonds is 9. The molecule has 0 saturated heterocycles. The van der Waals surface area contributed by atoms with Crippen LogP contribution in [0.1, 0.15) is 57.4 Å². The molecule has 0 unspecified atom stereocenters. The summed E-state index contributed by atoms with van der Waals surface area (Å²) in [4.78, 5) is 10.3. The minimum absolute atomic E-state index is 0.204. The summed E-state index contributed by atoms with van der Waals surface area (Å²) in [5, 5.41) is 10.6. The van der Waals surface area contributed by atoms with Gasteiger partial charge in [0.25, 0.3) is 5.69 Å². The minimum atomic E-state index is -0.325. The number of hydrogen-bond acceptors (Lipinski definition) is 2. The van der Waals surface area contributed by atoms with E-state index in [2.05, 4.69) is 6.92 Å². The molecule has 0 aliphatic heterocycles. The average Bonchev–Trinajstić information content (AvgIpc) is 2.38. The molecule has 0 aliphatic rings. The molecule has 3 heteroatoms. The van der Waals surface area contributed by atoms with Gasteiger partial charge >= 0.3 is 0 Å². The lowest BCUT2D eigenvalue weighted by Gasteiger charge is -2.02. The summed E-state index contributed by atoms with van der Waals surface area (Å²) in [7, 11) is 0. The molecule has 3 nitrogen and oxygen atoms in total. The van der Waals surface area contributed by atoms with E-state index in [1.807, 2.05) is 6.07 Å². The highest BCUT2D eigenvalue weighted by Gasteiger charge is 2.04. The van der Waals surface area contributed by atoms with Crippen molar-refractivity contribution in [3.05, 3.63) is 39.9 Å². The van der Waals surface area contributed by atoms with Crippen molar-refractivity contribution in [1.29, 1.82) is 0 Å². The van der Waals surface area contributed by atoms with E-state index in [1.54, 1.807) is 18.2 Å². The number of hydrogen-bond donors (Lipinski definition) is 0.